The first kappa shape index (κ1) is 20.7. The molecule has 0 bridgehead atoms. The van der Waals surface area contributed by atoms with Crippen molar-refractivity contribution < 1.29 is 19.1 Å². The van der Waals surface area contributed by atoms with Crippen molar-refractivity contribution in [1.82, 2.24) is 15.1 Å². The third kappa shape index (κ3) is 6.92. The lowest BCUT2D eigenvalue weighted by atomic mass is 10.2. The molecule has 1 N–H and O–H groups in total. The summed E-state index contributed by atoms with van der Waals surface area (Å²) >= 11 is 0. The van der Waals surface area contributed by atoms with Crippen LogP contribution in [0.25, 0.3) is 0 Å². The Morgan fingerprint density at radius 2 is 1.63 bits per heavy atom. The number of hydrogen-bond donors (Lipinski definition) is 1. The van der Waals surface area contributed by atoms with Crippen molar-refractivity contribution in [1.29, 1.82) is 0 Å². The van der Waals surface area contributed by atoms with Gasteiger partial charge in [0, 0.05) is 44.7 Å². The summed E-state index contributed by atoms with van der Waals surface area (Å²) in [5.74, 6) is -0.0310. The van der Waals surface area contributed by atoms with Crippen molar-refractivity contribution in [2.45, 2.75) is 39.2 Å². The highest BCUT2D eigenvalue weighted by Crippen LogP contribution is 2.10. The molecule has 7 nitrogen and oxygen atoms in total. The summed E-state index contributed by atoms with van der Waals surface area (Å²) in [5, 5.41) is 2.60. The molecule has 3 amide bonds. The molecule has 0 unspecified atom stereocenters. The number of benzene rings is 1. The molecular formula is C20H29N3O4. The average Bonchev–Trinajstić information content (AvgIpc) is 2.86. The fourth-order valence-corrected chi connectivity index (χ4v) is 2.88. The monoisotopic (exact) mass is 375 g/mol. The highest BCUT2D eigenvalue weighted by atomic mass is 16.6. The third-order valence-electron chi connectivity index (χ3n) is 4.16. The van der Waals surface area contributed by atoms with Crippen molar-refractivity contribution in [2.75, 3.05) is 32.7 Å². The van der Waals surface area contributed by atoms with Gasteiger partial charge < -0.3 is 19.9 Å². The number of nitrogens with zero attached hydrogens (tertiary/aromatic N) is 2. The van der Waals surface area contributed by atoms with Gasteiger partial charge in [-0.15, -0.1) is 0 Å². The van der Waals surface area contributed by atoms with Gasteiger partial charge in [-0.25, -0.2) is 4.79 Å². The van der Waals surface area contributed by atoms with E-state index in [4.69, 9.17) is 4.74 Å². The molecule has 2 rings (SSSR count). The van der Waals surface area contributed by atoms with Crippen LogP contribution in [0.3, 0.4) is 0 Å². The Bertz CT molecular complexity index is 655. The van der Waals surface area contributed by atoms with Gasteiger partial charge in [-0.05, 0) is 39.3 Å². The minimum Gasteiger partial charge on any atom is -0.444 e. The number of rotatable bonds is 4. The summed E-state index contributed by atoms with van der Waals surface area (Å²) in [5.41, 5.74) is 0.104. The minimum atomic E-state index is -0.562. The van der Waals surface area contributed by atoms with Crippen molar-refractivity contribution >= 4 is 17.9 Å². The molecule has 0 spiro atoms. The van der Waals surface area contributed by atoms with E-state index in [1.807, 2.05) is 18.2 Å². The zero-order valence-electron chi connectivity index (χ0n) is 16.4. The lowest BCUT2D eigenvalue weighted by Crippen LogP contribution is -2.39. The average molecular weight is 375 g/mol. The highest BCUT2D eigenvalue weighted by molar-refractivity contribution is 5.94. The molecule has 0 aliphatic carbocycles. The zero-order valence-corrected chi connectivity index (χ0v) is 16.4. The molecule has 1 heterocycles. The molecule has 0 atom stereocenters. The van der Waals surface area contributed by atoms with Gasteiger partial charge in [0.25, 0.3) is 5.91 Å². The van der Waals surface area contributed by atoms with Crippen LogP contribution in [0, 0.1) is 0 Å². The number of carbonyl (C=O) groups is 3. The van der Waals surface area contributed by atoms with Gasteiger partial charge in [0.15, 0.2) is 0 Å². The minimum absolute atomic E-state index is 0.00325. The van der Waals surface area contributed by atoms with Gasteiger partial charge >= 0.3 is 6.09 Å². The van der Waals surface area contributed by atoms with Crippen molar-refractivity contribution in [2.24, 2.45) is 0 Å². The summed E-state index contributed by atoms with van der Waals surface area (Å²) < 4.78 is 5.15. The van der Waals surface area contributed by atoms with Crippen LogP contribution in [0.5, 0.6) is 0 Å². The van der Waals surface area contributed by atoms with E-state index in [-0.39, 0.29) is 24.8 Å². The SMILES string of the molecule is CC(C)(C)OC(=O)NCCC(=O)N1CCCN(C(=O)c2ccccc2)CC1. The summed E-state index contributed by atoms with van der Waals surface area (Å²) in [6.07, 6.45) is 0.432. The number of carbonyl (C=O) groups excluding carboxylic acids is 3. The lowest BCUT2D eigenvalue weighted by Gasteiger charge is -2.23. The van der Waals surface area contributed by atoms with Gasteiger partial charge in [0.05, 0.1) is 0 Å². The van der Waals surface area contributed by atoms with Crippen LogP contribution in [-0.4, -0.2) is 66.0 Å². The van der Waals surface area contributed by atoms with Crippen LogP contribution in [-0.2, 0) is 9.53 Å². The van der Waals surface area contributed by atoms with E-state index in [9.17, 15) is 14.4 Å². The number of alkyl carbamates (subject to hydrolysis) is 1. The Morgan fingerprint density at radius 3 is 2.30 bits per heavy atom. The number of nitrogens with one attached hydrogen (secondary N) is 1. The number of ether oxygens (including phenoxy) is 1. The third-order valence-corrected chi connectivity index (χ3v) is 4.16. The summed E-state index contributed by atoms with van der Waals surface area (Å²) in [4.78, 5) is 40.1. The first-order chi connectivity index (χ1) is 12.8. The molecule has 1 aromatic rings. The smallest absolute Gasteiger partial charge is 0.407 e. The van der Waals surface area contributed by atoms with Crippen LogP contribution in [0.15, 0.2) is 30.3 Å². The first-order valence-corrected chi connectivity index (χ1v) is 9.35. The topological polar surface area (TPSA) is 79.0 Å². The molecule has 0 radical (unpaired) electrons. The number of amides is 3. The van der Waals surface area contributed by atoms with E-state index in [1.165, 1.54) is 0 Å². The van der Waals surface area contributed by atoms with Crippen molar-refractivity contribution in [3.63, 3.8) is 0 Å². The number of hydrogen-bond acceptors (Lipinski definition) is 4. The zero-order chi connectivity index (χ0) is 19.9. The van der Waals surface area contributed by atoms with Gasteiger partial charge in [0.1, 0.15) is 5.60 Å². The molecule has 0 aromatic heterocycles. The summed E-state index contributed by atoms with van der Waals surface area (Å²) in [6.45, 7) is 7.86. The second-order valence-electron chi connectivity index (χ2n) is 7.57. The molecule has 1 aliphatic rings. The quantitative estimate of drug-likeness (QED) is 0.876. The van der Waals surface area contributed by atoms with Crippen molar-refractivity contribution in [3.8, 4) is 0 Å². The Labute approximate surface area is 160 Å². The molecule has 0 saturated carbocycles. The van der Waals surface area contributed by atoms with Crippen LogP contribution >= 0.6 is 0 Å². The maximum atomic E-state index is 12.6. The standard InChI is InChI=1S/C20H29N3O4/c1-20(2,3)27-19(26)21-11-10-17(24)22-12-7-13-23(15-14-22)18(25)16-8-5-4-6-9-16/h4-6,8-9H,7,10-15H2,1-3H3,(H,21,26). The molecule has 1 saturated heterocycles. The second-order valence-corrected chi connectivity index (χ2v) is 7.57. The molecule has 7 heteroatoms. The lowest BCUT2D eigenvalue weighted by molar-refractivity contribution is -0.130. The fourth-order valence-electron chi connectivity index (χ4n) is 2.88. The Morgan fingerprint density at radius 1 is 1.00 bits per heavy atom. The predicted octanol–water partition coefficient (Wildman–Crippen LogP) is 2.28. The maximum Gasteiger partial charge on any atom is 0.407 e. The van der Waals surface area contributed by atoms with E-state index in [0.717, 1.165) is 6.42 Å². The molecule has 27 heavy (non-hydrogen) atoms. The van der Waals surface area contributed by atoms with Gasteiger partial charge in [-0.1, -0.05) is 18.2 Å². The predicted molar refractivity (Wildman–Crippen MR) is 102 cm³/mol. The first-order valence-electron chi connectivity index (χ1n) is 9.35. The normalized spacial score (nSPS) is 15.1. The highest BCUT2D eigenvalue weighted by Gasteiger charge is 2.23. The van der Waals surface area contributed by atoms with Crippen LogP contribution in [0.2, 0.25) is 0 Å². The summed E-state index contributed by atoms with van der Waals surface area (Å²) in [7, 11) is 0. The molecule has 1 fully saturated rings. The van der Waals surface area contributed by atoms with Crippen LogP contribution in [0.4, 0.5) is 4.79 Å². The maximum absolute atomic E-state index is 12.6. The van der Waals surface area contributed by atoms with E-state index in [1.54, 1.807) is 42.7 Å². The largest absolute Gasteiger partial charge is 0.444 e. The Kier molecular flexibility index (Phi) is 7.21. The van der Waals surface area contributed by atoms with Crippen LogP contribution < -0.4 is 5.32 Å². The fraction of sp³-hybridized carbons (Fsp3) is 0.550. The molecule has 1 aliphatic heterocycles. The molecule has 148 valence electrons. The van der Waals surface area contributed by atoms with Gasteiger partial charge in [-0.2, -0.15) is 0 Å². The van der Waals surface area contributed by atoms with E-state index in [2.05, 4.69) is 5.32 Å². The van der Waals surface area contributed by atoms with Crippen molar-refractivity contribution in [3.05, 3.63) is 35.9 Å². The van der Waals surface area contributed by atoms with Crippen LogP contribution in [0.1, 0.15) is 44.0 Å². The molecule has 1 aromatic carbocycles. The van der Waals surface area contributed by atoms with E-state index in [0.29, 0.717) is 31.7 Å². The Hall–Kier alpha value is -2.57. The summed E-state index contributed by atoms with van der Waals surface area (Å²) in [6, 6.07) is 9.18. The Balaban J connectivity index is 1.77. The molecular weight excluding hydrogens is 346 g/mol. The van der Waals surface area contributed by atoms with E-state index < -0.39 is 11.7 Å². The van der Waals surface area contributed by atoms with Gasteiger partial charge in [0.2, 0.25) is 5.91 Å². The van der Waals surface area contributed by atoms with Gasteiger partial charge in [-0.3, -0.25) is 9.59 Å². The second kappa shape index (κ2) is 9.39. The van der Waals surface area contributed by atoms with E-state index >= 15 is 0 Å².